The highest BCUT2D eigenvalue weighted by molar-refractivity contribution is 6.32. The Morgan fingerprint density at radius 3 is 2.68 bits per heavy atom. The van der Waals surface area contributed by atoms with E-state index in [-0.39, 0.29) is 12.3 Å². The summed E-state index contributed by atoms with van der Waals surface area (Å²) in [4.78, 5) is 17.2. The molecule has 1 heterocycles. The van der Waals surface area contributed by atoms with Gasteiger partial charge in [0.05, 0.1) is 16.4 Å². The third kappa shape index (κ3) is 4.23. The Morgan fingerprint density at radius 1 is 1.21 bits per heavy atom. The van der Waals surface area contributed by atoms with Crippen LogP contribution in [0.4, 0.5) is 0 Å². The van der Waals surface area contributed by atoms with Crippen LogP contribution in [0.1, 0.15) is 25.0 Å². The van der Waals surface area contributed by atoms with E-state index in [1.165, 1.54) is 9.36 Å². The van der Waals surface area contributed by atoms with Crippen molar-refractivity contribution < 1.29 is 9.57 Å². The van der Waals surface area contributed by atoms with Gasteiger partial charge >= 0.3 is 5.69 Å². The second-order valence-corrected chi connectivity index (χ2v) is 6.36. The van der Waals surface area contributed by atoms with Crippen LogP contribution in [-0.4, -0.2) is 32.1 Å². The average Bonchev–Trinajstić information content (AvgIpc) is 3.04. The number of benzene rings is 2. The number of nitrogens with zero attached hydrogens (tertiary/aromatic N) is 5. The highest BCUT2D eigenvalue weighted by atomic mass is 35.5. The summed E-state index contributed by atoms with van der Waals surface area (Å²) in [6.45, 7) is 4.43. The predicted molar refractivity (Wildman–Crippen MR) is 106 cm³/mol. The summed E-state index contributed by atoms with van der Waals surface area (Å²) in [5.41, 5.74) is 2.62. The maximum Gasteiger partial charge on any atom is 0.368 e. The van der Waals surface area contributed by atoms with E-state index in [9.17, 15) is 4.79 Å². The normalized spacial score (nSPS) is 11.5. The number of hydrogen-bond donors (Lipinski definition) is 0. The van der Waals surface area contributed by atoms with Crippen molar-refractivity contribution in [3.63, 3.8) is 0 Å². The van der Waals surface area contributed by atoms with Gasteiger partial charge in [-0.1, -0.05) is 35.0 Å². The monoisotopic (exact) mass is 401 g/mol. The summed E-state index contributed by atoms with van der Waals surface area (Å²) >= 11 is 6.36. The van der Waals surface area contributed by atoms with E-state index >= 15 is 0 Å². The lowest BCUT2D eigenvalue weighted by Gasteiger charge is -2.12. The highest BCUT2D eigenvalue weighted by Crippen LogP contribution is 2.27. The van der Waals surface area contributed by atoms with Gasteiger partial charge in [0.25, 0.3) is 0 Å². The summed E-state index contributed by atoms with van der Waals surface area (Å²) in [5, 5.41) is 12.1. The number of ether oxygens (including phenoxy) is 1. The Bertz CT molecular complexity index is 1060. The molecule has 0 N–H and O–H groups in total. The Labute approximate surface area is 166 Å². The third-order valence-electron chi connectivity index (χ3n) is 4.00. The van der Waals surface area contributed by atoms with Crippen LogP contribution in [0.15, 0.2) is 52.4 Å². The van der Waals surface area contributed by atoms with Crippen molar-refractivity contribution in [1.82, 2.24) is 19.8 Å². The van der Waals surface area contributed by atoms with Crippen LogP contribution < -0.4 is 10.4 Å². The minimum absolute atomic E-state index is 0.213. The van der Waals surface area contributed by atoms with Crippen molar-refractivity contribution in [1.29, 1.82) is 0 Å². The maximum atomic E-state index is 12.1. The summed E-state index contributed by atoms with van der Waals surface area (Å²) in [6, 6.07) is 12.7. The van der Waals surface area contributed by atoms with Crippen LogP contribution in [0.3, 0.4) is 0 Å². The number of oxime groups is 1. The lowest BCUT2D eigenvalue weighted by atomic mass is 10.1. The van der Waals surface area contributed by atoms with Gasteiger partial charge in [-0.05, 0) is 48.5 Å². The molecule has 3 aromatic rings. The maximum absolute atomic E-state index is 12.1. The summed E-state index contributed by atoms with van der Waals surface area (Å²) in [6.07, 6.45) is 0. The second kappa shape index (κ2) is 8.71. The summed E-state index contributed by atoms with van der Waals surface area (Å²) in [7, 11) is 1.54. The fourth-order valence-electron chi connectivity index (χ4n) is 2.52. The van der Waals surface area contributed by atoms with Gasteiger partial charge < -0.3 is 9.57 Å². The average molecular weight is 402 g/mol. The molecule has 2 aromatic carbocycles. The molecular weight excluding hydrogens is 382 g/mol. The van der Waals surface area contributed by atoms with Crippen molar-refractivity contribution in [2.75, 3.05) is 6.61 Å². The topological polar surface area (TPSA) is 83.5 Å². The minimum Gasteiger partial charge on any atom is -0.487 e. The number of rotatable bonds is 7. The van der Waals surface area contributed by atoms with Gasteiger partial charge in [-0.15, -0.1) is 0 Å². The SMILES string of the molecule is CCO/N=C(\C)c1ccc(OCc2ccccc2-n2nnn(C)c2=O)c(Cl)c1. The van der Waals surface area contributed by atoms with Crippen molar-refractivity contribution in [3.05, 3.63) is 69.1 Å². The number of halogens is 1. The molecule has 0 amide bonds. The molecule has 1 aromatic heterocycles. The van der Waals surface area contributed by atoms with Crippen LogP contribution >= 0.6 is 11.6 Å². The highest BCUT2D eigenvalue weighted by Gasteiger charge is 2.12. The number of tetrazole rings is 1. The van der Waals surface area contributed by atoms with Gasteiger partial charge in [-0.3, -0.25) is 0 Å². The predicted octanol–water partition coefficient (Wildman–Crippen LogP) is 2.96. The van der Waals surface area contributed by atoms with E-state index in [1.807, 2.05) is 38.1 Å². The summed E-state index contributed by atoms with van der Waals surface area (Å²) < 4.78 is 8.27. The molecule has 0 bridgehead atoms. The molecule has 0 unspecified atom stereocenters. The van der Waals surface area contributed by atoms with Crippen LogP contribution in [0.2, 0.25) is 5.02 Å². The molecular formula is C19H20ClN5O3. The van der Waals surface area contributed by atoms with Gasteiger partial charge in [0.1, 0.15) is 19.0 Å². The van der Waals surface area contributed by atoms with Crippen LogP contribution in [0.5, 0.6) is 5.75 Å². The molecule has 0 spiro atoms. The lowest BCUT2D eigenvalue weighted by Crippen LogP contribution is -2.23. The molecule has 0 fully saturated rings. The van der Waals surface area contributed by atoms with Crippen LogP contribution in [0.25, 0.3) is 5.69 Å². The molecule has 9 heteroatoms. The molecule has 0 aliphatic carbocycles. The van der Waals surface area contributed by atoms with E-state index in [1.54, 1.807) is 25.2 Å². The zero-order valence-electron chi connectivity index (χ0n) is 15.8. The molecule has 3 rings (SSSR count). The Kier molecular flexibility index (Phi) is 6.10. The molecule has 0 aliphatic heterocycles. The van der Waals surface area contributed by atoms with E-state index in [0.717, 1.165) is 16.8 Å². The van der Waals surface area contributed by atoms with Gasteiger partial charge in [0.15, 0.2) is 0 Å². The molecule has 0 saturated carbocycles. The smallest absolute Gasteiger partial charge is 0.368 e. The Hall–Kier alpha value is -3.13. The number of aryl methyl sites for hydroxylation is 1. The Morgan fingerprint density at radius 2 is 2.00 bits per heavy atom. The first-order valence-electron chi connectivity index (χ1n) is 8.67. The molecule has 0 atom stereocenters. The van der Waals surface area contributed by atoms with Crippen molar-refractivity contribution in [2.45, 2.75) is 20.5 Å². The fourth-order valence-corrected chi connectivity index (χ4v) is 2.75. The van der Waals surface area contributed by atoms with E-state index in [2.05, 4.69) is 15.6 Å². The van der Waals surface area contributed by atoms with Crippen molar-refractivity contribution in [2.24, 2.45) is 12.2 Å². The molecule has 8 nitrogen and oxygen atoms in total. The molecule has 0 saturated heterocycles. The first-order valence-corrected chi connectivity index (χ1v) is 9.05. The molecule has 146 valence electrons. The Balaban J connectivity index is 1.80. The van der Waals surface area contributed by atoms with Gasteiger partial charge in [0.2, 0.25) is 0 Å². The zero-order chi connectivity index (χ0) is 20.1. The third-order valence-corrected chi connectivity index (χ3v) is 4.30. The largest absolute Gasteiger partial charge is 0.487 e. The fraction of sp³-hybridized carbons (Fsp3) is 0.263. The number of hydrogen-bond acceptors (Lipinski definition) is 6. The zero-order valence-corrected chi connectivity index (χ0v) is 16.6. The number of aromatic nitrogens is 4. The molecule has 28 heavy (non-hydrogen) atoms. The molecule has 0 radical (unpaired) electrons. The summed E-state index contributed by atoms with van der Waals surface area (Å²) in [5.74, 6) is 0.524. The minimum atomic E-state index is -0.334. The van der Waals surface area contributed by atoms with Crippen molar-refractivity contribution >= 4 is 17.3 Å². The van der Waals surface area contributed by atoms with Crippen molar-refractivity contribution in [3.8, 4) is 11.4 Å². The van der Waals surface area contributed by atoms with Gasteiger partial charge in [-0.2, -0.15) is 9.36 Å². The quantitative estimate of drug-likeness (QED) is 0.449. The van der Waals surface area contributed by atoms with E-state index < -0.39 is 0 Å². The first-order chi connectivity index (χ1) is 13.5. The second-order valence-electron chi connectivity index (χ2n) is 5.95. The van der Waals surface area contributed by atoms with Gasteiger partial charge in [0, 0.05) is 18.2 Å². The van der Waals surface area contributed by atoms with Gasteiger partial charge in [-0.25, -0.2) is 4.79 Å². The van der Waals surface area contributed by atoms with E-state index in [4.69, 9.17) is 21.2 Å². The number of para-hydroxylation sites is 1. The van der Waals surface area contributed by atoms with Crippen LogP contribution in [0, 0.1) is 0 Å². The van der Waals surface area contributed by atoms with E-state index in [0.29, 0.717) is 23.1 Å². The van der Waals surface area contributed by atoms with Crippen LogP contribution in [-0.2, 0) is 18.5 Å². The molecule has 0 aliphatic rings. The standard InChI is InChI=1S/C19H20ClN5O3/c1-4-28-21-13(2)14-9-10-18(16(20)11-14)27-12-15-7-5-6-8-17(15)25-19(26)24(3)22-23-25/h5-11H,4,12H2,1-3H3/b21-13+. The lowest BCUT2D eigenvalue weighted by molar-refractivity contribution is 0.159. The first kappa shape index (κ1) is 19.6.